The summed E-state index contributed by atoms with van der Waals surface area (Å²) in [5.41, 5.74) is 3.41. The second-order valence-electron chi connectivity index (χ2n) is 4.25. The average Bonchev–Trinajstić information content (AvgIpc) is 2.46. The van der Waals surface area contributed by atoms with Crippen molar-refractivity contribution in [2.24, 2.45) is 0 Å². The summed E-state index contributed by atoms with van der Waals surface area (Å²) >= 11 is 5.80. The van der Waals surface area contributed by atoms with E-state index in [-0.39, 0.29) is 0 Å². The molecule has 0 aliphatic rings. The van der Waals surface area contributed by atoms with Crippen LogP contribution in [0, 0.1) is 6.92 Å². The maximum absolute atomic E-state index is 5.80. The highest BCUT2D eigenvalue weighted by molar-refractivity contribution is 6.18. The van der Waals surface area contributed by atoms with E-state index in [1.165, 1.54) is 5.56 Å². The molecule has 0 fully saturated rings. The van der Waals surface area contributed by atoms with E-state index in [1.807, 2.05) is 36.4 Å². The van der Waals surface area contributed by atoms with Crippen molar-refractivity contribution in [3.8, 4) is 16.9 Å². The largest absolute Gasteiger partial charge is 0.463 e. The summed E-state index contributed by atoms with van der Waals surface area (Å²) < 4.78 is 11.0. The van der Waals surface area contributed by atoms with E-state index >= 15 is 0 Å². The number of hydrogen-bond acceptors (Lipinski definition) is 2. The molecule has 1 atom stereocenters. The highest BCUT2D eigenvalue weighted by Gasteiger charge is 2.12. The Morgan fingerprint density at radius 2 is 1.63 bits per heavy atom. The first kappa shape index (κ1) is 13.9. The van der Waals surface area contributed by atoms with Crippen LogP contribution in [0.5, 0.6) is 5.75 Å². The fourth-order valence-corrected chi connectivity index (χ4v) is 2.14. The third-order valence-corrected chi connectivity index (χ3v) is 3.22. The Bertz CT molecular complexity index is 536. The van der Waals surface area contributed by atoms with Gasteiger partial charge in [0.2, 0.25) is 6.29 Å². The molecule has 0 saturated carbocycles. The number of para-hydroxylation sites is 1. The van der Waals surface area contributed by atoms with E-state index in [0.717, 1.165) is 16.9 Å². The lowest BCUT2D eigenvalue weighted by Gasteiger charge is -2.18. The van der Waals surface area contributed by atoms with Crippen molar-refractivity contribution in [2.45, 2.75) is 13.2 Å². The van der Waals surface area contributed by atoms with E-state index in [2.05, 4.69) is 19.1 Å². The summed E-state index contributed by atoms with van der Waals surface area (Å²) in [6.45, 7) is 2.08. The van der Waals surface area contributed by atoms with Gasteiger partial charge in [0.05, 0.1) is 5.88 Å². The molecule has 0 spiro atoms. The SMILES string of the molecule is COC(CCl)Oc1ccccc1-c1ccccc1C. The quantitative estimate of drug-likeness (QED) is 0.600. The van der Waals surface area contributed by atoms with Crippen molar-refractivity contribution in [1.82, 2.24) is 0 Å². The van der Waals surface area contributed by atoms with Gasteiger partial charge in [-0.2, -0.15) is 0 Å². The Morgan fingerprint density at radius 1 is 1.00 bits per heavy atom. The van der Waals surface area contributed by atoms with Gasteiger partial charge in [-0.1, -0.05) is 42.5 Å². The fraction of sp³-hybridized carbons (Fsp3) is 0.250. The Hall–Kier alpha value is -1.51. The number of alkyl halides is 1. The lowest BCUT2D eigenvalue weighted by molar-refractivity contribution is -0.0351. The van der Waals surface area contributed by atoms with Crippen molar-refractivity contribution < 1.29 is 9.47 Å². The molecule has 2 nitrogen and oxygen atoms in total. The molecule has 0 bridgehead atoms. The van der Waals surface area contributed by atoms with Gasteiger partial charge in [-0.25, -0.2) is 0 Å². The van der Waals surface area contributed by atoms with Crippen molar-refractivity contribution in [3.05, 3.63) is 54.1 Å². The Balaban J connectivity index is 2.39. The van der Waals surface area contributed by atoms with Crippen molar-refractivity contribution in [1.29, 1.82) is 0 Å². The van der Waals surface area contributed by atoms with Crippen LogP contribution in [0.1, 0.15) is 5.56 Å². The maximum atomic E-state index is 5.80. The normalized spacial score (nSPS) is 12.2. The summed E-state index contributed by atoms with van der Waals surface area (Å²) in [4.78, 5) is 0. The molecule has 1 unspecified atom stereocenters. The van der Waals surface area contributed by atoms with Crippen LogP contribution in [0.3, 0.4) is 0 Å². The Morgan fingerprint density at radius 3 is 2.26 bits per heavy atom. The molecular weight excluding hydrogens is 260 g/mol. The lowest BCUT2D eigenvalue weighted by Crippen LogP contribution is -2.20. The van der Waals surface area contributed by atoms with Crippen molar-refractivity contribution in [3.63, 3.8) is 0 Å². The predicted molar refractivity (Wildman–Crippen MR) is 78.8 cm³/mol. The van der Waals surface area contributed by atoms with Crippen LogP contribution >= 0.6 is 11.6 Å². The number of ether oxygens (including phenoxy) is 2. The molecule has 2 rings (SSSR count). The molecule has 19 heavy (non-hydrogen) atoms. The molecule has 0 saturated heterocycles. The third-order valence-electron chi connectivity index (χ3n) is 2.97. The van der Waals surface area contributed by atoms with E-state index in [0.29, 0.717) is 5.88 Å². The smallest absolute Gasteiger partial charge is 0.213 e. The number of halogens is 1. The molecule has 0 radical (unpaired) electrons. The molecule has 2 aromatic carbocycles. The zero-order valence-corrected chi connectivity index (χ0v) is 11.9. The number of methoxy groups -OCH3 is 1. The minimum atomic E-state index is -0.438. The molecule has 0 N–H and O–H groups in total. The van der Waals surface area contributed by atoms with Gasteiger partial charge in [0.25, 0.3) is 0 Å². The Kier molecular flexibility index (Phi) is 4.83. The van der Waals surface area contributed by atoms with E-state index < -0.39 is 6.29 Å². The fourth-order valence-electron chi connectivity index (χ4n) is 1.95. The monoisotopic (exact) mass is 276 g/mol. The first-order valence-corrected chi connectivity index (χ1v) is 6.70. The van der Waals surface area contributed by atoms with Gasteiger partial charge in [0, 0.05) is 12.7 Å². The summed E-state index contributed by atoms with van der Waals surface area (Å²) in [6.07, 6.45) is -0.438. The van der Waals surface area contributed by atoms with Crippen molar-refractivity contribution >= 4 is 11.6 Å². The molecule has 0 amide bonds. The second-order valence-corrected chi connectivity index (χ2v) is 4.56. The summed E-state index contributed by atoms with van der Waals surface area (Å²) in [5.74, 6) is 1.07. The summed E-state index contributed by atoms with van der Waals surface area (Å²) in [7, 11) is 1.59. The standard InChI is InChI=1S/C16H17ClO2/c1-12-7-3-4-8-13(12)14-9-5-6-10-15(14)19-16(11-17)18-2/h3-10,16H,11H2,1-2H3. The number of benzene rings is 2. The van der Waals surface area contributed by atoms with E-state index in [1.54, 1.807) is 7.11 Å². The van der Waals surface area contributed by atoms with Crippen LogP contribution < -0.4 is 4.74 Å². The molecule has 3 heteroatoms. The number of hydrogen-bond donors (Lipinski definition) is 0. The maximum Gasteiger partial charge on any atom is 0.213 e. The Labute approximate surface area is 118 Å². The number of aryl methyl sites for hydroxylation is 1. The van der Waals surface area contributed by atoms with E-state index in [9.17, 15) is 0 Å². The minimum Gasteiger partial charge on any atom is -0.463 e. The van der Waals surface area contributed by atoms with Gasteiger partial charge in [0.15, 0.2) is 0 Å². The van der Waals surface area contributed by atoms with Crippen molar-refractivity contribution in [2.75, 3.05) is 13.0 Å². The van der Waals surface area contributed by atoms with Gasteiger partial charge in [0.1, 0.15) is 5.75 Å². The first-order valence-electron chi connectivity index (χ1n) is 6.16. The first-order chi connectivity index (χ1) is 9.26. The molecule has 0 aliphatic heterocycles. The molecule has 0 aliphatic carbocycles. The van der Waals surface area contributed by atoms with Gasteiger partial charge in [-0.3, -0.25) is 0 Å². The predicted octanol–water partition coefficient (Wildman–Crippen LogP) is 4.25. The van der Waals surface area contributed by atoms with Gasteiger partial charge < -0.3 is 9.47 Å². The van der Waals surface area contributed by atoms with Crippen LogP contribution in [0.15, 0.2) is 48.5 Å². The van der Waals surface area contributed by atoms with Crippen LogP contribution in [0.25, 0.3) is 11.1 Å². The van der Waals surface area contributed by atoms with Gasteiger partial charge in [-0.05, 0) is 24.1 Å². The minimum absolute atomic E-state index is 0.290. The van der Waals surface area contributed by atoms with Gasteiger partial charge >= 0.3 is 0 Å². The zero-order valence-electron chi connectivity index (χ0n) is 11.1. The van der Waals surface area contributed by atoms with Gasteiger partial charge in [-0.15, -0.1) is 11.6 Å². The summed E-state index contributed by atoms with van der Waals surface area (Å²) in [6, 6.07) is 16.1. The molecule has 2 aromatic rings. The highest BCUT2D eigenvalue weighted by atomic mass is 35.5. The topological polar surface area (TPSA) is 18.5 Å². The molecular formula is C16H17ClO2. The summed E-state index contributed by atoms with van der Waals surface area (Å²) in [5, 5.41) is 0. The molecule has 0 aromatic heterocycles. The lowest BCUT2D eigenvalue weighted by atomic mass is 10.00. The third kappa shape index (κ3) is 3.28. The highest BCUT2D eigenvalue weighted by Crippen LogP contribution is 2.32. The van der Waals surface area contributed by atoms with Crippen LogP contribution in [-0.2, 0) is 4.74 Å². The molecule has 100 valence electrons. The zero-order chi connectivity index (χ0) is 13.7. The molecule has 0 heterocycles. The second kappa shape index (κ2) is 6.60. The number of rotatable bonds is 5. The average molecular weight is 277 g/mol. The van der Waals surface area contributed by atoms with Crippen LogP contribution in [0.4, 0.5) is 0 Å². The van der Waals surface area contributed by atoms with Crippen LogP contribution in [-0.4, -0.2) is 19.3 Å². The van der Waals surface area contributed by atoms with E-state index in [4.69, 9.17) is 21.1 Å². The van der Waals surface area contributed by atoms with Crippen LogP contribution in [0.2, 0.25) is 0 Å².